The Balaban J connectivity index is 1.94. The van der Waals surface area contributed by atoms with Gasteiger partial charge in [0, 0.05) is 26.6 Å². The van der Waals surface area contributed by atoms with Crippen LogP contribution in [0.1, 0.15) is 18.5 Å². The molecule has 0 bridgehead atoms. The second-order valence-electron chi connectivity index (χ2n) is 5.10. The molecule has 0 radical (unpaired) electrons. The zero-order valence-corrected chi connectivity index (χ0v) is 12.1. The highest BCUT2D eigenvalue weighted by atomic mass is 16.5. The summed E-state index contributed by atoms with van der Waals surface area (Å²) in [4.78, 5) is 25.1. The molecule has 0 unspecified atom stereocenters. The van der Waals surface area contributed by atoms with Gasteiger partial charge in [-0.05, 0) is 5.56 Å². The lowest BCUT2D eigenvalue weighted by molar-refractivity contribution is -0.140. The van der Waals surface area contributed by atoms with Crippen LogP contribution in [0.3, 0.4) is 0 Å². The lowest BCUT2D eigenvalue weighted by Crippen LogP contribution is -2.51. The van der Waals surface area contributed by atoms with Gasteiger partial charge in [0.2, 0.25) is 11.8 Å². The van der Waals surface area contributed by atoms with Crippen LogP contribution in [0.15, 0.2) is 30.3 Å². The van der Waals surface area contributed by atoms with Gasteiger partial charge < -0.3 is 20.7 Å². The Morgan fingerprint density at radius 2 is 2.14 bits per heavy atom. The van der Waals surface area contributed by atoms with Crippen LogP contribution in [-0.4, -0.2) is 49.1 Å². The van der Waals surface area contributed by atoms with Gasteiger partial charge in [-0.3, -0.25) is 9.59 Å². The van der Waals surface area contributed by atoms with Crippen LogP contribution in [0.5, 0.6) is 0 Å². The molecule has 1 saturated heterocycles. The summed E-state index contributed by atoms with van der Waals surface area (Å²) < 4.78 is 5.54. The number of morpholine rings is 1. The lowest BCUT2D eigenvalue weighted by atomic mass is 10.1. The zero-order chi connectivity index (χ0) is 15.2. The Kier molecular flexibility index (Phi) is 5.30. The summed E-state index contributed by atoms with van der Waals surface area (Å²) in [5, 5.41) is 2.70. The number of hydrogen-bond acceptors (Lipinski definition) is 4. The summed E-state index contributed by atoms with van der Waals surface area (Å²) in [7, 11) is 0. The Bertz CT molecular complexity index is 492. The average molecular weight is 291 g/mol. The molecule has 1 aromatic carbocycles. The summed E-state index contributed by atoms with van der Waals surface area (Å²) in [5.74, 6) is -0.222. The topological polar surface area (TPSA) is 84.7 Å². The number of hydrogen-bond donors (Lipinski definition) is 2. The summed E-state index contributed by atoms with van der Waals surface area (Å²) in [5.41, 5.74) is 6.83. The molecule has 2 rings (SSSR count). The third-order valence-electron chi connectivity index (χ3n) is 3.45. The maximum absolute atomic E-state index is 12.4. The van der Waals surface area contributed by atoms with Crippen molar-refractivity contribution in [1.29, 1.82) is 0 Å². The molecule has 0 saturated carbocycles. The van der Waals surface area contributed by atoms with Crippen LogP contribution in [0.25, 0.3) is 0 Å². The molecule has 1 fully saturated rings. The van der Waals surface area contributed by atoms with Gasteiger partial charge in [-0.25, -0.2) is 0 Å². The standard InChI is InChI=1S/C15H21N3O3/c1-11(19)17-9-13-10-18(7-8-21-13)15(20)14(16)12-5-3-2-4-6-12/h2-6,13-14H,7-10,16H2,1H3,(H,17,19)/t13-,14-/m1/s1. The van der Waals surface area contributed by atoms with Crippen LogP contribution >= 0.6 is 0 Å². The second kappa shape index (κ2) is 7.19. The normalized spacial score (nSPS) is 19.9. The van der Waals surface area contributed by atoms with E-state index in [0.717, 1.165) is 5.56 Å². The highest BCUT2D eigenvalue weighted by Crippen LogP contribution is 2.15. The monoisotopic (exact) mass is 291 g/mol. The minimum Gasteiger partial charge on any atom is -0.373 e. The molecule has 6 heteroatoms. The van der Waals surface area contributed by atoms with Gasteiger partial charge in [-0.2, -0.15) is 0 Å². The number of carbonyl (C=O) groups excluding carboxylic acids is 2. The molecule has 0 spiro atoms. The van der Waals surface area contributed by atoms with E-state index < -0.39 is 6.04 Å². The van der Waals surface area contributed by atoms with E-state index in [1.807, 2.05) is 30.3 Å². The number of nitrogens with one attached hydrogen (secondary N) is 1. The SMILES string of the molecule is CC(=O)NC[C@@H]1CN(C(=O)[C@H](N)c2ccccc2)CCO1. The Morgan fingerprint density at radius 1 is 1.43 bits per heavy atom. The first-order valence-electron chi connectivity index (χ1n) is 7.03. The van der Waals surface area contributed by atoms with E-state index >= 15 is 0 Å². The van der Waals surface area contributed by atoms with Gasteiger partial charge in [-0.15, -0.1) is 0 Å². The fraction of sp³-hybridized carbons (Fsp3) is 0.467. The number of carbonyl (C=O) groups is 2. The molecule has 1 heterocycles. The molecule has 114 valence electrons. The highest BCUT2D eigenvalue weighted by molar-refractivity contribution is 5.83. The number of benzene rings is 1. The van der Waals surface area contributed by atoms with Crippen molar-refractivity contribution in [3.63, 3.8) is 0 Å². The molecular weight excluding hydrogens is 270 g/mol. The fourth-order valence-electron chi connectivity index (χ4n) is 2.30. The molecular formula is C15H21N3O3. The smallest absolute Gasteiger partial charge is 0.244 e. The number of ether oxygens (including phenoxy) is 1. The van der Waals surface area contributed by atoms with Gasteiger partial charge in [0.1, 0.15) is 6.04 Å². The van der Waals surface area contributed by atoms with Gasteiger partial charge >= 0.3 is 0 Å². The Labute approximate surface area is 124 Å². The van der Waals surface area contributed by atoms with E-state index in [1.54, 1.807) is 4.90 Å². The molecule has 1 aliphatic heterocycles. The quantitative estimate of drug-likeness (QED) is 0.821. The van der Waals surface area contributed by atoms with Gasteiger partial charge in [0.25, 0.3) is 0 Å². The number of nitrogens with two attached hydrogens (primary N) is 1. The Morgan fingerprint density at radius 3 is 2.81 bits per heavy atom. The van der Waals surface area contributed by atoms with E-state index in [9.17, 15) is 9.59 Å². The molecule has 1 aliphatic rings. The summed E-state index contributed by atoms with van der Waals surface area (Å²) >= 11 is 0. The van der Waals surface area contributed by atoms with Crippen molar-refractivity contribution >= 4 is 11.8 Å². The molecule has 21 heavy (non-hydrogen) atoms. The summed E-state index contributed by atoms with van der Waals surface area (Å²) in [6.07, 6.45) is -0.186. The molecule has 6 nitrogen and oxygen atoms in total. The second-order valence-corrected chi connectivity index (χ2v) is 5.10. The number of nitrogens with zero attached hydrogens (tertiary/aromatic N) is 1. The predicted octanol–water partition coefficient (Wildman–Crippen LogP) is 0.0499. The van der Waals surface area contributed by atoms with E-state index in [-0.39, 0.29) is 17.9 Å². The minimum absolute atomic E-state index is 0.108. The zero-order valence-electron chi connectivity index (χ0n) is 12.1. The van der Waals surface area contributed by atoms with Gasteiger partial charge in [0.05, 0.1) is 12.7 Å². The van der Waals surface area contributed by atoms with Crippen LogP contribution < -0.4 is 11.1 Å². The van der Waals surface area contributed by atoms with Crippen molar-refractivity contribution in [2.75, 3.05) is 26.2 Å². The van der Waals surface area contributed by atoms with Crippen molar-refractivity contribution in [1.82, 2.24) is 10.2 Å². The molecule has 0 aromatic heterocycles. The average Bonchev–Trinajstić information content (AvgIpc) is 2.52. The largest absolute Gasteiger partial charge is 0.373 e. The highest BCUT2D eigenvalue weighted by Gasteiger charge is 2.28. The van der Waals surface area contributed by atoms with E-state index in [0.29, 0.717) is 26.2 Å². The first-order chi connectivity index (χ1) is 10.1. The number of amides is 2. The fourth-order valence-corrected chi connectivity index (χ4v) is 2.30. The van der Waals surface area contributed by atoms with E-state index in [1.165, 1.54) is 6.92 Å². The van der Waals surface area contributed by atoms with Crippen LogP contribution in [0.4, 0.5) is 0 Å². The van der Waals surface area contributed by atoms with E-state index in [2.05, 4.69) is 5.32 Å². The lowest BCUT2D eigenvalue weighted by Gasteiger charge is -2.34. The van der Waals surface area contributed by atoms with Crippen molar-refractivity contribution in [3.05, 3.63) is 35.9 Å². The maximum Gasteiger partial charge on any atom is 0.244 e. The molecule has 0 aliphatic carbocycles. The van der Waals surface area contributed by atoms with Crippen LogP contribution in [0.2, 0.25) is 0 Å². The molecule has 2 amide bonds. The molecule has 3 N–H and O–H groups in total. The van der Waals surface area contributed by atoms with Crippen molar-refractivity contribution in [2.24, 2.45) is 5.73 Å². The first-order valence-corrected chi connectivity index (χ1v) is 7.03. The van der Waals surface area contributed by atoms with E-state index in [4.69, 9.17) is 10.5 Å². The third-order valence-corrected chi connectivity index (χ3v) is 3.45. The Hall–Kier alpha value is -1.92. The van der Waals surface area contributed by atoms with Crippen LogP contribution in [0, 0.1) is 0 Å². The summed E-state index contributed by atoms with van der Waals surface area (Å²) in [6.45, 7) is 3.28. The summed E-state index contributed by atoms with van der Waals surface area (Å²) in [6, 6.07) is 8.64. The van der Waals surface area contributed by atoms with Crippen molar-refractivity contribution < 1.29 is 14.3 Å². The first kappa shape index (κ1) is 15.5. The van der Waals surface area contributed by atoms with Crippen molar-refractivity contribution in [3.8, 4) is 0 Å². The molecule has 2 atom stereocenters. The van der Waals surface area contributed by atoms with Crippen molar-refractivity contribution in [2.45, 2.75) is 19.1 Å². The minimum atomic E-state index is -0.661. The van der Waals surface area contributed by atoms with Gasteiger partial charge in [0.15, 0.2) is 0 Å². The maximum atomic E-state index is 12.4. The third kappa shape index (κ3) is 4.27. The predicted molar refractivity (Wildman–Crippen MR) is 78.4 cm³/mol. The number of rotatable bonds is 4. The van der Waals surface area contributed by atoms with Gasteiger partial charge in [-0.1, -0.05) is 30.3 Å². The molecule has 1 aromatic rings. The van der Waals surface area contributed by atoms with Crippen LogP contribution in [-0.2, 0) is 14.3 Å².